The summed E-state index contributed by atoms with van der Waals surface area (Å²) in [6.45, 7) is -0.221. The van der Waals surface area contributed by atoms with Crippen molar-refractivity contribution >= 4 is 28.7 Å². The van der Waals surface area contributed by atoms with Crippen LogP contribution in [0.2, 0.25) is 4.34 Å². The highest BCUT2D eigenvalue weighted by Gasteiger charge is 2.27. The highest BCUT2D eigenvalue weighted by atomic mass is 35.5. The van der Waals surface area contributed by atoms with Crippen LogP contribution in [0.3, 0.4) is 0 Å². The maximum atomic E-state index is 12.0. The van der Waals surface area contributed by atoms with Crippen molar-refractivity contribution < 1.29 is 18.0 Å². The standard InChI is InChI=1S/C10H11ClF3NOS/c1-15(5-4-10(12,13)14)6-7(16)8-2-3-9(11)17-8/h2-3H,4-6H2,1H3. The molecule has 0 aliphatic rings. The van der Waals surface area contributed by atoms with Crippen molar-refractivity contribution in [3.8, 4) is 0 Å². The molecule has 0 radical (unpaired) electrons. The first kappa shape index (κ1) is 14.5. The van der Waals surface area contributed by atoms with E-state index in [-0.39, 0.29) is 18.9 Å². The van der Waals surface area contributed by atoms with Crippen LogP contribution >= 0.6 is 22.9 Å². The average molecular weight is 286 g/mol. The van der Waals surface area contributed by atoms with Crippen molar-refractivity contribution in [2.75, 3.05) is 20.1 Å². The first-order valence-corrected chi connectivity index (χ1v) is 6.01. The third kappa shape index (κ3) is 5.52. The van der Waals surface area contributed by atoms with Crippen molar-refractivity contribution in [2.45, 2.75) is 12.6 Å². The van der Waals surface area contributed by atoms with Crippen molar-refractivity contribution in [3.05, 3.63) is 21.3 Å². The monoisotopic (exact) mass is 285 g/mol. The molecule has 0 amide bonds. The summed E-state index contributed by atoms with van der Waals surface area (Å²) in [6, 6.07) is 3.17. The molecule has 0 aliphatic carbocycles. The number of ketones is 1. The Labute approximate surface area is 106 Å². The summed E-state index contributed by atoms with van der Waals surface area (Å²) in [5.74, 6) is -0.216. The Hall–Kier alpha value is -0.590. The lowest BCUT2D eigenvalue weighted by molar-refractivity contribution is -0.137. The van der Waals surface area contributed by atoms with Gasteiger partial charge in [-0.1, -0.05) is 11.6 Å². The predicted molar refractivity (Wildman–Crippen MR) is 61.8 cm³/mol. The van der Waals surface area contributed by atoms with Crippen LogP contribution < -0.4 is 0 Å². The molecular formula is C10H11ClF3NOS. The van der Waals surface area contributed by atoms with E-state index in [0.29, 0.717) is 9.21 Å². The van der Waals surface area contributed by atoms with Crippen molar-refractivity contribution in [1.29, 1.82) is 0 Å². The Bertz CT molecular complexity index is 391. The molecular weight excluding hydrogens is 275 g/mol. The Morgan fingerprint density at radius 1 is 1.47 bits per heavy atom. The van der Waals surface area contributed by atoms with E-state index in [4.69, 9.17) is 11.6 Å². The van der Waals surface area contributed by atoms with Crippen molar-refractivity contribution in [1.82, 2.24) is 4.90 Å². The Kier molecular flexibility index (Phi) is 4.97. The van der Waals surface area contributed by atoms with Gasteiger partial charge in [0.25, 0.3) is 0 Å². The number of rotatable bonds is 5. The normalized spacial score (nSPS) is 12.1. The maximum absolute atomic E-state index is 12.0. The van der Waals surface area contributed by atoms with E-state index < -0.39 is 12.6 Å². The summed E-state index contributed by atoms with van der Waals surface area (Å²) in [5.41, 5.74) is 0. The van der Waals surface area contributed by atoms with Gasteiger partial charge in [0.2, 0.25) is 0 Å². The fraction of sp³-hybridized carbons (Fsp3) is 0.500. The van der Waals surface area contributed by atoms with E-state index in [1.54, 1.807) is 12.1 Å². The predicted octanol–water partition coefficient (Wildman–Crippen LogP) is 3.47. The zero-order valence-corrected chi connectivity index (χ0v) is 10.6. The summed E-state index contributed by atoms with van der Waals surface area (Å²) in [5, 5.41) is 0. The molecule has 0 fully saturated rings. The van der Waals surface area contributed by atoms with E-state index in [2.05, 4.69) is 0 Å². The number of nitrogens with zero attached hydrogens (tertiary/aromatic N) is 1. The molecule has 2 nitrogen and oxygen atoms in total. The minimum atomic E-state index is -4.19. The van der Waals surface area contributed by atoms with Gasteiger partial charge in [0.15, 0.2) is 5.78 Å². The van der Waals surface area contributed by atoms with E-state index >= 15 is 0 Å². The second-order valence-electron chi connectivity index (χ2n) is 3.63. The summed E-state index contributed by atoms with van der Waals surface area (Å²) >= 11 is 6.79. The van der Waals surface area contributed by atoms with E-state index in [9.17, 15) is 18.0 Å². The van der Waals surface area contributed by atoms with Gasteiger partial charge in [-0.2, -0.15) is 13.2 Å². The summed E-state index contributed by atoms with van der Waals surface area (Å²) < 4.78 is 36.4. The van der Waals surface area contributed by atoms with Gasteiger partial charge in [-0.15, -0.1) is 11.3 Å². The van der Waals surface area contributed by atoms with Gasteiger partial charge in [-0.05, 0) is 19.2 Å². The Morgan fingerprint density at radius 2 is 2.12 bits per heavy atom. The largest absolute Gasteiger partial charge is 0.390 e. The number of thiophene rings is 1. The van der Waals surface area contributed by atoms with Gasteiger partial charge in [0, 0.05) is 6.54 Å². The SMILES string of the molecule is CN(CCC(F)(F)F)CC(=O)c1ccc(Cl)s1. The first-order chi connectivity index (χ1) is 7.78. The quantitative estimate of drug-likeness (QED) is 0.772. The van der Waals surface area contributed by atoms with Crippen LogP contribution in [0.1, 0.15) is 16.1 Å². The Morgan fingerprint density at radius 3 is 2.59 bits per heavy atom. The van der Waals surface area contributed by atoms with Crippen molar-refractivity contribution in [3.63, 3.8) is 0 Å². The van der Waals surface area contributed by atoms with E-state index in [1.807, 2.05) is 0 Å². The first-order valence-electron chi connectivity index (χ1n) is 4.82. The highest BCUT2D eigenvalue weighted by molar-refractivity contribution is 7.18. The van der Waals surface area contributed by atoms with Crippen LogP contribution in [-0.2, 0) is 0 Å². The number of halogens is 4. The molecule has 0 aliphatic heterocycles. The highest BCUT2D eigenvalue weighted by Crippen LogP contribution is 2.22. The minimum absolute atomic E-state index is 0.0348. The van der Waals surface area contributed by atoms with Crippen molar-refractivity contribution in [2.24, 2.45) is 0 Å². The van der Waals surface area contributed by atoms with Crippen LogP contribution in [0.25, 0.3) is 0 Å². The van der Waals surface area contributed by atoms with E-state index in [1.165, 1.54) is 11.9 Å². The van der Waals surface area contributed by atoms with Crippen LogP contribution in [0, 0.1) is 0 Å². The fourth-order valence-electron chi connectivity index (χ4n) is 1.18. The van der Waals surface area contributed by atoms with Gasteiger partial charge in [-0.3, -0.25) is 9.69 Å². The van der Waals surface area contributed by atoms with Crippen LogP contribution in [-0.4, -0.2) is 37.0 Å². The zero-order chi connectivity index (χ0) is 13.1. The molecule has 0 bridgehead atoms. The topological polar surface area (TPSA) is 20.3 Å². The summed E-state index contributed by atoms with van der Waals surface area (Å²) in [6.07, 6.45) is -5.11. The number of Topliss-reactive ketones (excluding diaryl/α,β-unsaturated/α-hetero) is 1. The lowest BCUT2D eigenvalue weighted by Crippen LogP contribution is -2.29. The third-order valence-corrected chi connectivity index (χ3v) is 3.31. The second kappa shape index (κ2) is 5.84. The average Bonchev–Trinajstić information content (AvgIpc) is 2.61. The molecule has 0 aromatic carbocycles. The van der Waals surface area contributed by atoms with Gasteiger partial charge in [0.05, 0.1) is 22.2 Å². The maximum Gasteiger partial charge on any atom is 0.390 e. The number of hydrogen-bond donors (Lipinski definition) is 0. The van der Waals surface area contributed by atoms with Crippen LogP contribution in [0.4, 0.5) is 13.2 Å². The molecule has 0 saturated carbocycles. The van der Waals surface area contributed by atoms with Gasteiger partial charge >= 0.3 is 6.18 Å². The number of likely N-dealkylation sites (N-methyl/N-ethyl adjacent to an activating group) is 1. The zero-order valence-electron chi connectivity index (χ0n) is 9.05. The lowest BCUT2D eigenvalue weighted by Gasteiger charge is -2.16. The van der Waals surface area contributed by atoms with E-state index in [0.717, 1.165) is 11.3 Å². The molecule has 1 rings (SSSR count). The van der Waals surface area contributed by atoms with Crippen LogP contribution in [0.15, 0.2) is 12.1 Å². The lowest BCUT2D eigenvalue weighted by atomic mass is 10.3. The fourth-order valence-corrected chi connectivity index (χ4v) is 2.16. The van der Waals surface area contributed by atoms with Gasteiger partial charge < -0.3 is 0 Å². The summed E-state index contributed by atoms with van der Waals surface area (Å²) in [7, 11) is 1.48. The number of hydrogen-bond acceptors (Lipinski definition) is 3. The number of alkyl halides is 3. The van der Waals surface area contributed by atoms with Gasteiger partial charge in [-0.25, -0.2) is 0 Å². The second-order valence-corrected chi connectivity index (χ2v) is 5.34. The third-order valence-electron chi connectivity index (χ3n) is 2.04. The number of carbonyl (C=O) groups excluding carboxylic acids is 1. The molecule has 7 heteroatoms. The van der Waals surface area contributed by atoms with Crippen LogP contribution in [0.5, 0.6) is 0 Å². The minimum Gasteiger partial charge on any atom is -0.299 e. The molecule has 17 heavy (non-hydrogen) atoms. The molecule has 1 aromatic heterocycles. The molecule has 0 N–H and O–H groups in total. The summed E-state index contributed by atoms with van der Waals surface area (Å²) in [4.78, 5) is 13.4. The van der Waals surface area contributed by atoms with Gasteiger partial charge in [0.1, 0.15) is 0 Å². The molecule has 1 aromatic rings. The molecule has 0 saturated heterocycles. The smallest absolute Gasteiger partial charge is 0.299 e. The molecule has 0 spiro atoms. The molecule has 96 valence electrons. The molecule has 0 unspecified atom stereocenters. The number of carbonyl (C=O) groups is 1. The molecule has 1 heterocycles. The Balaban J connectivity index is 2.41. The molecule has 0 atom stereocenters.